The summed E-state index contributed by atoms with van der Waals surface area (Å²) in [7, 11) is 0. The molecule has 0 spiro atoms. The molecule has 1 aromatic carbocycles. The maximum absolute atomic E-state index is 13.1. The molecule has 2 N–H and O–H groups in total. The van der Waals surface area contributed by atoms with E-state index in [0.717, 1.165) is 12.1 Å². The van der Waals surface area contributed by atoms with E-state index in [0.29, 0.717) is 18.5 Å². The van der Waals surface area contributed by atoms with Gasteiger partial charge in [-0.05, 0) is 37.5 Å². The van der Waals surface area contributed by atoms with Gasteiger partial charge in [-0.15, -0.1) is 0 Å². The van der Waals surface area contributed by atoms with Crippen molar-refractivity contribution in [1.29, 1.82) is 0 Å². The van der Waals surface area contributed by atoms with Gasteiger partial charge in [-0.25, -0.2) is 4.39 Å². The number of halogens is 1. The Morgan fingerprint density at radius 1 is 1.44 bits per heavy atom. The van der Waals surface area contributed by atoms with Crippen molar-refractivity contribution >= 4 is 11.7 Å². The van der Waals surface area contributed by atoms with Crippen LogP contribution in [0.4, 0.5) is 10.1 Å². The second-order valence-corrected chi connectivity index (χ2v) is 3.74. The van der Waals surface area contributed by atoms with E-state index in [1.807, 2.05) is 6.07 Å². The Morgan fingerprint density at radius 3 is 2.81 bits per heavy atom. The molecule has 0 aliphatic carbocycles. The predicted octanol–water partition coefficient (Wildman–Crippen LogP) is 2.80. The van der Waals surface area contributed by atoms with Crippen LogP contribution < -0.4 is 5.32 Å². The lowest BCUT2D eigenvalue weighted by atomic mass is 10.2. The Hall–Kier alpha value is -1.58. The van der Waals surface area contributed by atoms with E-state index in [1.54, 1.807) is 13.0 Å². The summed E-state index contributed by atoms with van der Waals surface area (Å²) in [5.41, 5.74) is 1.36. The van der Waals surface area contributed by atoms with Crippen molar-refractivity contribution in [3.63, 3.8) is 0 Å². The fourth-order valence-electron chi connectivity index (χ4n) is 1.34. The van der Waals surface area contributed by atoms with Crippen LogP contribution in [-0.4, -0.2) is 17.6 Å². The van der Waals surface area contributed by atoms with E-state index >= 15 is 0 Å². The van der Waals surface area contributed by atoms with E-state index in [4.69, 9.17) is 5.11 Å². The van der Waals surface area contributed by atoms with Crippen molar-refractivity contribution < 1.29 is 14.3 Å². The first kappa shape index (κ1) is 12.5. The first-order valence-corrected chi connectivity index (χ1v) is 5.31. The molecule has 88 valence electrons. The largest absolute Gasteiger partial charge is 0.481 e. The smallest absolute Gasteiger partial charge is 0.303 e. The number of aliphatic carboxylic acids is 1. The van der Waals surface area contributed by atoms with Gasteiger partial charge >= 0.3 is 5.97 Å². The molecule has 0 saturated heterocycles. The lowest BCUT2D eigenvalue weighted by Gasteiger charge is -2.06. The Balaban J connectivity index is 2.27. The molecule has 0 atom stereocenters. The molecule has 0 aliphatic rings. The van der Waals surface area contributed by atoms with Crippen molar-refractivity contribution in [3.05, 3.63) is 29.6 Å². The van der Waals surface area contributed by atoms with E-state index in [9.17, 15) is 9.18 Å². The molecular formula is C12H16FNO2. The summed E-state index contributed by atoms with van der Waals surface area (Å²) >= 11 is 0. The molecule has 0 bridgehead atoms. The molecule has 0 heterocycles. The van der Waals surface area contributed by atoms with Gasteiger partial charge in [0.15, 0.2) is 0 Å². The van der Waals surface area contributed by atoms with Crippen LogP contribution in [0.5, 0.6) is 0 Å². The molecular weight excluding hydrogens is 209 g/mol. The molecule has 0 amide bonds. The van der Waals surface area contributed by atoms with Gasteiger partial charge in [-0.1, -0.05) is 6.07 Å². The van der Waals surface area contributed by atoms with Crippen LogP contribution in [0.15, 0.2) is 18.2 Å². The van der Waals surface area contributed by atoms with Crippen LogP contribution >= 0.6 is 0 Å². The van der Waals surface area contributed by atoms with Crippen molar-refractivity contribution in [3.8, 4) is 0 Å². The molecule has 1 aromatic rings. The molecule has 0 unspecified atom stereocenters. The fourth-order valence-corrected chi connectivity index (χ4v) is 1.34. The minimum absolute atomic E-state index is 0.184. The first-order valence-electron chi connectivity index (χ1n) is 5.31. The monoisotopic (exact) mass is 225 g/mol. The SMILES string of the molecule is Cc1ccc(NCCCCC(=O)O)cc1F. The lowest BCUT2D eigenvalue weighted by molar-refractivity contribution is -0.137. The molecule has 0 saturated carbocycles. The molecule has 0 fully saturated rings. The summed E-state index contributed by atoms with van der Waals surface area (Å²) in [6.07, 6.45) is 1.59. The van der Waals surface area contributed by atoms with E-state index in [1.165, 1.54) is 6.07 Å². The molecule has 0 aliphatic heterocycles. The Kier molecular flexibility index (Phi) is 4.76. The predicted molar refractivity (Wildman–Crippen MR) is 61.1 cm³/mol. The number of carboxylic acids is 1. The van der Waals surface area contributed by atoms with Gasteiger partial charge < -0.3 is 10.4 Å². The molecule has 3 nitrogen and oxygen atoms in total. The van der Waals surface area contributed by atoms with Crippen LogP contribution in [0, 0.1) is 12.7 Å². The number of unbranched alkanes of at least 4 members (excludes halogenated alkanes) is 1. The minimum atomic E-state index is -0.776. The zero-order valence-corrected chi connectivity index (χ0v) is 9.29. The summed E-state index contributed by atoms with van der Waals surface area (Å²) in [6.45, 7) is 2.38. The van der Waals surface area contributed by atoms with Gasteiger partial charge in [0.2, 0.25) is 0 Å². The van der Waals surface area contributed by atoms with E-state index in [-0.39, 0.29) is 12.2 Å². The zero-order chi connectivity index (χ0) is 12.0. The highest BCUT2D eigenvalue weighted by molar-refractivity contribution is 5.66. The Morgan fingerprint density at radius 2 is 2.19 bits per heavy atom. The summed E-state index contributed by atoms with van der Waals surface area (Å²) in [6, 6.07) is 4.98. The topological polar surface area (TPSA) is 49.3 Å². The fraction of sp³-hybridized carbons (Fsp3) is 0.417. The number of anilines is 1. The third-order valence-electron chi connectivity index (χ3n) is 2.32. The van der Waals surface area contributed by atoms with E-state index < -0.39 is 5.97 Å². The number of hydrogen-bond donors (Lipinski definition) is 2. The number of hydrogen-bond acceptors (Lipinski definition) is 2. The normalized spacial score (nSPS) is 10.1. The zero-order valence-electron chi connectivity index (χ0n) is 9.29. The molecule has 4 heteroatoms. The minimum Gasteiger partial charge on any atom is -0.481 e. The van der Waals surface area contributed by atoms with Crippen LogP contribution in [0.25, 0.3) is 0 Å². The van der Waals surface area contributed by atoms with Gasteiger partial charge in [0.05, 0.1) is 0 Å². The number of rotatable bonds is 6. The van der Waals surface area contributed by atoms with Gasteiger partial charge in [-0.3, -0.25) is 4.79 Å². The number of carboxylic acid groups (broad SMARTS) is 1. The third kappa shape index (κ3) is 4.29. The second kappa shape index (κ2) is 6.10. The van der Waals surface area contributed by atoms with Crippen LogP contribution in [0.2, 0.25) is 0 Å². The Labute approximate surface area is 94.3 Å². The second-order valence-electron chi connectivity index (χ2n) is 3.74. The number of carbonyl (C=O) groups is 1. The quantitative estimate of drug-likeness (QED) is 0.732. The average Bonchev–Trinajstić information content (AvgIpc) is 2.22. The highest BCUT2D eigenvalue weighted by Gasteiger charge is 1.99. The van der Waals surface area contributed by atoms with E-state index in [2.05, 4.69) is 5.32 Å². The van der Waals surface area contributed by atoms with Crippen molar-refractivity contribution in [2.75, 3.05) is 11.9 Å². The van der Waals surface area contributed by atoms with Gasteiger partial charge in [0.1, 0.15) is 5.82 Å². The summed E-state index contributed by atoms with van der Waals surface area (Å²) in [4.78, 5) is 10.2. The van der Waals surface area contributed by atoms with Gasteiger partial charge in [0, 0.05) is 18.7 Å². The lowest BCUT2D eigenvalue weighted by Crippen LogP contribution is -2.03. The van der Waals surface area contributed by atoms with Crippen LogP contribution in [-0.2, 0) is 4.79 Å². The third-order valence-corrected chi connectivity index (χ3v) is 2.32. The Bertz CT molecular complexity index is 366. The van der Waals surface area contributed by atoms with Crippen molar-refractivity contribution in [2.45, 2.75) is 26.2 Å². The van der Waals surface area contributed by atoms with Crippen molar-refractivity contribution in [1.82, 2.24) is 0 Å². The van der Waals surface area contributed by atoms with Crippen LogP contribution in [0.3, 0.4) is 0 Å². The summed E-state index contributed by atoms with van der Waals surface area (Å²) in [5.74, 6) is -1.00. The van der Waals surface area contributed by atoms with Crippen molar-refractivity contribution in [2.24, 2.45) is 0 Å². The maximum Gasteiger partial charge on any atom is 0.303 e. The highest BCUT2D eigenvalue weighted by atomic mass is 19.1. The van der Waals surface area contributed by atoms with Gasteiger partial charge in [-0.2, -0.15) is 0 Å². The first-order chi connectivity index (χ1) is 7.59. The average molecular weight is 225 g/mol. The number of nitrogens with one attached hydrogen (secondary N) is 1. The van der Waals surface area contributed by atoms with Gasteiger partial charge in [0.25, 0.3) is 0 Å². The molecule has 0 radical (unpaired) electrons. The molecule has 16 heavy (non-hydrogen) atoms. The summed E-state index contributed by atoms with van der Waals surface area (Å²) < 4.78 is 13.1. The highest BCUT2D eigenvalue weighted by Crippen LogP contribution is 2.13. The number of benzene rings is 1. The number of aryl methyl sites for hydroxylation is 1. The van der Waals surface area contributed by atoms with Crippen LogP contribution in [0.1, 0.15) is 24.8 Å². The maximum atomic E-state index is 13.1. The summed E-state index contributed by atoms with van der Waals surface area (Å²) in [5, 5.41) is 11.5. The standard InChI is InChI=1S/C12H16FNO2/c1-9-5-6-10(8-11(9)13)14-7-3-2-4-12(15)16/h5-6,8,14H,2-4,7H2,1H3,(H,15,16). The molecule has 1 rings (SSSR count). The molecule has 0 aromatic heterocycles.